The molecule has 0 aliphatic carbocycles. The van der Waals surface area contributed by atoms with Crippen molar-refractivity contribution in [1.82, 2.24) is 5.32 Å². The van der Waals surface area contributed by atoms with E-state index in [4.69, 9.17) is 5.26 Å². The molecule has 0 amide bonds. The standard InChI is InChI=1S/C12H22N2/c1-5-6-9-14-11(2)7-8-12(3,4)10-13/h14H,2,5-9H2,1,3-4H3. The quantitative estimate of drug-likeness (QED) is 0.632. The lowest BCUT2D eigenvalue weighted by Crippen LogP contribution is -2.16. The SMILES string of the molecule is C=C(CCC(C)(C)C#N)NCCCC. The molecule has 0 aromatic carbocycles. The number of unbranched alkanes of at least 4 members (excludes halogenated alkanes) is 1. The second kappa shape index (κ2) is 6.48. The van der Waals surface area contributed by atoms with E-state index in [0.29, 0.717) is 0 Å². The molecule has 0 saturated carbocycles. The Hall–Kier alpha value is -0.970. The summed E-state index contributed by atoms with van der Waals surface area (Å²) < 4.78 is 0. The van der Waals surface area contributed by atoms with Gasteiger partial charge in [0.15, 0.2) is 0 Å². The maximum absolute atomic E-state index is 8.82. The van der Waals surface area contributed by atoms with Crippen molar-refractivity contribution >= 4 is 0 Å². The van der Waals surface area contributed by atoms with Crippen molar-refractivity contribution in [1.29, 1.82) is 5.26 Å². The van der Waals surface area contributed by atoms with Crippen molar-refractivity contribution in [3.8, 4) is 6.07 Å². The minimum absolute atomic E-state index is 0.227. The molecular weight excluding hydrogens is 172 g/mol. The molecule has 0 aliphatic heterocycles. The topological polar surface area (TPSA) is 35.8 Å². The molecular formula is C12H22N2. The first-order chi connectivity index (χ1) is 6.52. The zero-order valence-electron chi connectivity index (χ0n) is 9.69. The number of allylic oxidation sites excluding steroid dienone is 1. The monoisotopic (exact) mass is 194 g/mol. The van der Waals surface area contributed by atoms with Crippen LogP contribution in [0.1, 0.15) is 46.5 Å². The Balaban J connectivity index is 3.60. The molecule has 0 spiro atoms. The number of hydrogen-bond donors (Lipinski definition) is 1. The van der Waals surface area contributed by atoms with E-state index < -0.39 is 0 Å². The summed E-state index contributed by atoms with van der Waals surface area (Å²) >= 11 is 0. The summed E-state index contributed by atoms with van der Waals surface area (Å²) in [6.45, 7) is 11.0. The van der Waals surface area contributed by atoms with Gasteiger partial charge in [0, 0.05) is 12.2 Å². The molecule has 0 heterocycles. The van der Waals surface area contributed by atoms with Gasteiger partial charge in [-0.3, -0.25) is 0 Å². The Morgan fingerprint density at radius 2 is 2.14 bits per heavy atom. The van der Waals surface area contributed by atoms with E-state index in [1.165, 1.54) is 12.8 Å². The predicted molar refractivity (Wildman–Crippen MR) is 60.7 cm³/mol. The van der Waals surface area contributed by atoms with Crippen LogP contribution < -0.4 is 5.32 Å². The maximum atomic E-state index is 8.82. The second-order valence-corrected chi connectivity index (χ2v) is 4.38. The highest BCUT2D eigenvalue weighted by Gasteiger charge is 2.16. The first-order valence-electron chi connectivity index (χ1n) is 5.34. The number of nitrogens with zero attached hydrogens (tertiary/aromatic N) is 1. The smallest absolute Gasteiger partial charge is 0.0684 e. The zero-order chi connectivity index (χ0) is 11.0. The van der Waals surface area contributed by atoms with E-state index in [-0.39, 0.29) is 5.41 Å². The zero-order valence-corrected chi connectivity index (χ0v) is 9.69. The van der Waals surface area contributed by atoms with Gasteiger partial charge in [0.05, 0.1) is 11.5 Å². The lowest BCUT2D eigenvalue weighted by molar-refractivity contribution is 0.444. The van der Waals surface area contributed by atoms with E-state index in [2.05, 4.69) is 24.9 Å². The third-order valence-corrected chi connectivity index (χ3v) is 2.26. The van der Waals surface area contributed by atoms with E-state index >= 15 is 0 Å². The minimum atomic E-state index is -0.227. The molecule has 0 rings (SSSR count). The molecule has 0 unspecified atom stereocenters. The van der Waals surface area contributed by atoms with E-state index in [9.17, 15) is 0 Å². The van der Waals surface area contributed by atoms with Gasteiger partial charge < -0.3 is 5.32 Å². The van der Waals surface area contributed by atoms with Crippen LogP contribution in [0.25, 0.3) is 0 Å². The Kier molecular flexibility index (Phi) is 6.03. The van der Waals surface area contributed by atoms with Crippen LogP contribution in [0.4, 0.5) is 0 Å². The molecule has 0 fully saturated rings. The molecule has 14 heavy (non-hydrogen) atoms. The maximum Gasteiger partial charge on any atom is 0.0684 e. The van der Waals surface area contributed by atoms with Gasteiger partial charge >= 0.3 is 0 Å². The normalized spacial score (nSPS) is 10.7. The molecule has 2 heteroatoms. The number of nitriles is 1. The van der Waals surface area contributed by atoms with Crippen molar-refractivity contribution in [2.75, 3.05) is 6.54 Å². The highest BCUT2D eigenvalue weighted by atomic mass is 14.9. The Morgan fingerprint density at radius 1 is 1.50 bits per heavy atom. The van der Waals surface area contributed by atoms with Gasteiger partial charge in [-0.1, -0.05) is 19.9 Å². The largest absolute Gasteiger partial charge is 0.389 e. The number of hydrogen-bond acceptors (Lipinski definition) is 2. The van der Waals surface area contributed by atoms with Crippen LogP contribution in [-0.4, -0.2) is 6.54 Å². The molecule has 0 saturated heterocycles. The van der Waals surface area contributed by atoms with E-state index in [1.54, 1.807) is 0 Å². The molecule has 0 radical (unpaired) electrons. The average molecular weight is 194 g/mol. The number of nitrogens with one attached hydrogen (secondary N) is 1. The molecule has 0 atom stereocenters. The molecule has 0 aromatic heterocycles. The summed E-state index contributed by atoms with van der Waals surface area (Å²) in [5.41, 5.74) is 0.830. The van der Waals surface area contributed by atoms with Gasteiger partial charge in [-0.25, -0.2) is 0 Å². The minimum Gasteiger partial charge on any atom is -0.389 e. The van der Waals surface area contributed by atoms with Crippen LogP contribution in [0.15, 0.2) is 12.3 Å². The fourth-order valence-corrected chi connectivity index (χ4v) is 1.05. The Bertz CT molecular complexity index is 211. The molecule has 2 nitrogen and oxygen atoms in total. The number of rotatable bonds is 7. The van der Waals surface area contributed by atoms with E-state index in [0.717, 1.165) is 25.1 Å². The summed E-state index contributed by atoms with van der Waals surface area (Å²) in [4.78, 5) is 0. The lowest BCUT2D eigenvalue weighted by atomic mass is 9.89. The van der Waals surface area contributed by atoms with Gasteiger partial charge in [-0.2, -0.15) is 5.26 Å². The fourth-order valence-electron chi connectivity index (χ4n) is 1.05. The Labute approximate surface area is 88.0 Å². The van der Waals surface area contributed by atoms with E-state index in [1.807, 2.05) is 13.8 Å². The van der Waals surface area contributed by atoms with Crippen LogP contribution in [0.5, 0.6) is 0 Å². The van der Waals surface area contributed by atoms with Crippen molar-refractivity contribution in [2.45, 2.75) is 46.5 Å². The van der Waals surface area contributed by atoms with Crippen LogP contribution in [-0.2, 0) is 0 Å². The fraction of sp³-hybridized carbons (Fsp3) is 0.750. The van der Waals surface area contributed by atoms with Crippen molar-refractivity contribution in [2.24, 2.45) is 5.41 Å². The molecule has 0 aromatic rings. The van der Waals surface area contributed by atoms with Crippen LogP contribution in [0, 0.1) is 16.7 Å². The third kappa shape index (κ3) is 6.54. The average Bonchev–Trinajstić information content (AvgIpc) is 2.16. The highest BCUT2D eigenvalue weighted by molar-refractivity contribution is 4.98. The first kappa shape index (κ1) is 13.0. The predicted octanol–water partition coefficient (Wildman–Crippen LogP) is 3.22. The summed E-state index contributed by atoms with van der Waals surface area (Å²) in [6, 6.07) is 2.30. The molecule has 0 bridgehead atoms. The van der Waals surface area contributed by atoms with Gasteiger partial charge in [0.1, 0.15) is 0 Å². The van der Waals surface area contributed by atoms with Gasteiger partial charge in [-0.05, 0) is 33.1 Å². The van der Waals surface area contributed by atoms with Gasteiger partial charge in [-0.15, -0.1) is 0 Å². The second-order valence-electron chi connectivity index (χ2n) is 4.38. The molecule has 80 valence electrons. The Morgan fingerprint density at radius 3 is 2.64 bits per heavy atom. The van der Waals surface area contributed by atoms with Crippen molar-refractivity contribution in [3.63, 3.8) is 0 Å². The van der Waals surface area contributed by atoms with Crippen molar-refractivity contribution < 1.29 is 0 Å². The van der Waals surface area contributed by atoms with Crippen LogP contribution in [0.3, 0.4) is 0 Å². The summed E-state index contributed by atoms with van der Waals surface area (Å²) in [6.07, 6.45) is 4.15. The lowest BCUT2D eigenvalue weighted by Gasteiger charge is -2.16. The van der Waals surface area contributed by atoms with Crippen molar-refractivity contribution in [3.05, 3.63) is 12.3 Å². The molecule has 1 N–H and O–H groups in total. The van der Waals surface area contributed by atoms with Crippen LogP contribution >= 0.6 is 0 Å². The third-order valence-electron chi connectivity index (χ3n) is 2.26. The van der Waals surface area contributed by atoms with Gasteiger partial charge in [0.25, 0.3) is 0 Å². The summed E-state index contributed by atoms with van der Waals surface area (Å²) in [5, 5.41) is 12.1. The highest BCUT2D eigenvalue weighted by Crippen LogP contribution is 2.22. The molecule has 0 aliphatic rings. The van der Waals surface area contributed by atoms with Crippen LogP contribution in [0.2, 0.25) is 0 Å². The first-order valence-corrected chi connectivity index (χ1v) is 5.34. The van der Waals surface area contributed by atoms with Gasteiger partial charge in [0.2, 0.25) is 0 Å². The summed E-state index contributed by atoms with van der Waals surface area (Å²) in [5.74, 6) is 0. The summed E-state index contributed by atoms with van der Waals surface area (Å²) in [7, 11) is 0.